The molecule has 2 aromatic carbocycles. The van der Waals surface area contributed by atoms with Crippen LogP contribution in [-0.2, 0) is 16.6 Å². The molecule has 0 bridgehead atoms. The summed E-state index contributed by atoms with van der Waals surface area (Å²) in [6.07, 6.45) is 0.935. The number of hydrogen-bond donors (Lipinski definition) is 1. The number of hydrogen-bond acceptors (Lipinski definition) is 4. The average molecular weight is 384 g/mol. The molecule has 2 rings (SSSR count). The van der Waals surface area contributed by atoms with Crippen LogP contribution in [0.3, 0.4) is 0 Å². The first-order valence-corrected chi connectivity index (χ1v) is 9.02. The third kappa shape index (κ3) is 4.85. The number of rotatable bonds is 5. The predicted octanol–water partition coefficient (Wildman–Crippen LogP) is 2.72. The molecule has 0 unspecified atom stereocenters. The van der Waals surface area contributed by atoms with Gasteiger partial charge in [-0.25, -0.2) is 13.1 Å². The molecule has 0 aromatic heterocycles. The minimum Gasteiger partial charge on any atom is -0.488 e. The van der Waals surface area contributed by atoms with E-state index in [0.717, 1.165) is 22.0 Å². The number of para-hydroxylation sites is 1. The summed E-state index contributed by atoms with van der Waals surface area (Å²) in [6.45, 7) is 0.344. The number of carbonyl (C=O) groups is 1. The largest absolute Gasteiger partial charge is 0.488 e. The Balaban J connectivity index is 2.00. The molecule has 0 saturated carbocycles. The highest BCUT2D eigenvalue weighted by Crippen LogP contribution is 2.24. The monoisotopic (exact) mass is 383 g/mol. The molecule has 5 nitrogen and oxygen atoms in total. The molecular formula is C15H14BrNO4S. The van der Waals surface area contributed by atoms with Crippen molar-refractivity contribution >= 4 is 31.9 Å². The zero-order valence-corrected chi connectivity index (χ0v) is 14.1. The van der Waals surface area contributed by atoms with Crippen molar-refractivity contribution in [2.24, 2.45) is 0 Å². The number of benzene rings is 2. The van der Waals surface area contributed by atoms with Crippen LogP contribution in [0.5, 0.6) is 5.75 Å². The Morgan fingerprint density at radius 3 is 2.36 bits per heavy atom. The quantitative estimate of drug-likeness (QED) is 0.861. The predicted molar refractivity (Wildman–Crippen MR) is 87.2 cm³/mol. The van der Waals surface area contributed by atoms with Crippen LogP contribution in [0.2, 0.25) is 0 Å². The van der Waals surface area contributed by atoms with Gasteiger partial charge in [-0.3, -0.25) is 4.79 Å². The summed E-state index contributed by atoms with van der Waals surface area (Å²) < 4.78 is 30.5. The van der Waals surface area contributed by atoms with Crippen molar-refractivity contribution in [3.05, 3.63) is 64.1 Å². The van der Waals surface area contributed by atoms with Crippen LogP contribution in [0.15, 0.2) is 53.0 Å². The van der Waals surface area contributed by atoms with Gasteiger partial charge in [-0.05, 0) is 45.8 Å². The van der Waals surface area contributed by atoms with E-state index >= 15 is 0 Å². The maximum absolute atomic E-state index is 11.7. The van der Waals surface area contributed by atoms with Crippen molar-refractivity contribution in [2.75, 3.05) is 6.26 Å². The van der Waals surface area contributed by atoms with E-state index in [1.807, 2.05) is 29.0 Å². The van der Waals surface area contributed by atoms with Gasteiger partial charge in [0.1, 0.15) is 12.4 Å². The van der Waals surface area contributed by atoms with Crippen LogP contribution >= 0.6 is 15.9 Å². The zero-order valence-electron chi connectivity index (χ0n) is 11.7. The Hall–Kier alpha value is -1.86. The maximum atomic E-state index is 11.7. The lowest BCUT2D eigenvalue weighted by Gasteiger charge is -2.08. The van der Waals surface area contributed by atoms with Crippen LogP contribution in [0.4, 0.5) is 0 Å². The lowest BCUT2D eigenvalue weighted by molar-refractivity contribution is 0.0981. The molecule has 0 radical (unpaired) electrons. The van der Waals surface area contributed by atoms with Gasteiger partial charge in [0.2, 0.25) is 10.0 Å². The highest BCUT2D eigenvalue weighted by atomic mass is 79.9. The molecule has 0 fully saturated rings. The fraction of sp³-hybridized carbons (Fsp3) is 0.133. The molecule has 22 heavy (non-hydrogen) atoms. The second kappa shape index (κ2) is 6.93. The van der Waals surface area contributed by atoms with Crippen molar-refractivity contribution in [2.45, 2.75) is 6.61 Å². The van der Waals surface area contributed by atoms with E-state index in [-0.39, 0.29) is 5.56 Å². The Labute approximate surface area is 137 Å². The highest BCUT2D eigenvalue weighted by Gasteiger charge is 2.10. The third-order valence-electron chi connectivity index (χ3n) is 2.73. The van der Waals surface area contributed by atoms with Gasteiger partial charge in [-0.2, -0.15) is 0 Å². The minimum atomic E-state index is -3.56. The van der Waals surface area contributed by atoms with E-state index in [1.54, 1.807) is 24.3 Å². The molecule has 0 spiro atoms. The van der Waals surface area contributed by atoms with Crippen molar-refractivity contribution in [1.82, 2.24) is 4.72 Å². The Kier molecular flexibility index (Phi) is 5.20. The van der Waals surface area contributed by atoms with Gasteiger partial charge in [0.05, 0.1) is 10.7 Å². The summed E-state index contributed by atoms with van der Waals surface area (Å²) in [7, 11) is -3.56. The van der Waals surface area contributed by atoms with Gasteiger partial charge >= 0.3 is 0 Å². The van der Waals surface area contributed by atoms with E-state index in [2.05, 4.69) is 15.9 Å². The van der Waals surface area contributed by atoms with Gasteiger partial charge in [0, 0.05) is 5.56 Å². The lowest BCUT2D eigenvalue weighted by atomic mass is 10.1. The Morgan fingerprint density at radius 1 is 1.14 bits per heavy atom. The standard InChI is InChI=1S/C15H14BrNO4S/c1-22(19,20)17-15(18)12-8-6-11(7-9-12)10-21-14-5-3-2-4-13(14)16/h2-9H,10H2,1H3,(H,17,18). The molecule has 0 saturated heterocycles. The maximum Gasteiger partial charge on any atom is 0.264 e. The van der Waals surface area contributed by atoms with Gasteiger partial charge < -0.3 is 4.74 Å². The summed E-state index contributed by atoms with van der Waals surface area (Å²) in [6, 6.07) is 14.0. The molecule has 0 aliphatic carbocycles. The van der Waals surface area contributed by atoms with Gasteiger partial charge in [0.15, 0.2) is 0 Å². The molecule has 1 N–H and O–H groups in total. The lowest BCUT2D eigenvalue weighted by Crippen LogP contribution is -2.29. The van der Waals surface area contributed by atoms with Crippen LogP contribution < -0.4 is 9.46 Å². The van der Waals surface area contributed by atoms with Gasteiger partial charge in [0.25, 0.3) is 5.91 Å². The average Bonchev–Trinajstić information content (AvgIpc) is 2.45. The summed E-state index contributed by atoms with van der Waals surface area (Å²) in [5.74, 6) is 0.0715. The molecular weight excluding hydrogens is 370 g/mol. The zero-order chi connectivity index (χ0) is 16.2. The molecule has 0 aliphatic heterocycles. The number of sulfonamides is 1. The molecule has 7 heteroatoms. The topological polar surface area (TPSA) is 72.5 Å². The Bertz CT molecular complexity index is 772. The first-order chi connectivity index (χ1) is 10.3. The van der Waals surface area contributed by atoms with Crippen LogP contribution in [0.1, 0.15) is 15.9 Å². The van der Waals surface area contributed by atoms with Gasteiger partial charge in [-0.15, -0.1) is 0 Å². The van der Waals surface area contributed by atoms with E-state index < -0.39 is 15.9 Å². The second-order valence-electron chi connectivity index (χ2n) is 4.62. The first-order valence-electron chi connectivity index (χ1n) is 6.33. The number of carbonyl (C=O) groups excluding carboxylic acids is 1. The van der Waals surface area contributed by atoms with E-state index in [1.165, 1.54) is 0 Å². The molecule has 0 aliphatic rings. The fourth-order valence-electron chi connectivity index (χ4n) is 1.70. The van der Waals surface area contributed by atoms with E-state index in [9.17, 15) is 13.2 Å². The highest BCUT2D eigenvalue weighted by molar-refractivity contribution is 9.10. The SMILES string of the molecule is CS(=O)(=O)NC(=O)c1ccc(COc2ccccc2Br)cc1. The minimum absolute atomic E-state index is 0.273. The van der Waals surface area contributed by atoms with E-state index in [4.69, 9.17) is 4.74 Å². The number of amides is 1. The van der Waals surface area contributed by atoms with Gasteiger partial charge in [-0.1, -0.05) is 24.3 Å². The van der Waals surface area contributed by atoms with Crippen LogP contribution in [0.25, 0.3) is 0 Å². The van der Waals surface area contributed by atoms with E-state index in [0.29, 0.717) is 6.61 Å². The molecule has 0 heterocycles. The molecule has 116 valence electrons. The van der Waals surface area contributed by atoms with Crippen LogP contribution in [-0.4, -0.2) is 20.6 Å². The Morgan fingerprint density at radius 2 is 1.77 bits per heavy atom. The second-order valence-corrected chi connectivity index (χ2v) is 7.22. The number of halogens is 1. The summed E-state index contributed by atoms with van der Waals surface area (Å²) in [5.41, 5.74) is 1.14. The van der Waals surface area contributed by atoms with Crippen molar-refractivity contribution in [3.63, 3.8) is 0 Å². The smallest absolute Gasteiger partial charge is 0.264 e. The molecule has 1 amide bonds. The normalized spacial score (nSPS) is 11.0. The van der Waals surface area contributed by atoms with Crippen LogP contribution in [0, 0.1) is 0 Å². The number of nitrogens with one attached hydrogen (secondary N) is 1. The van der Waals surface area contributed by atoms with Crippen molar-refractivity contribution < 1.29 is 17.9 Å². The molecule has 0 atom stereocenters. The van der Waals surface area contributed by atoms with Crippen molar-refractivity contribution in [3.8, 4) is 5.75 Å². The van der Waals surface area contributed by atoms with Crippen molar-refractivity contribution in [1.29, 1.82) is 0 Å². The summed E-state index contributed by atoms with van der Waals surface area (Å²) in [5, 5.41) is 0. The first kappa shape index (κ1) is 16.5. The molecule has 2 aromatic rings. The third-order valence-corrected chi connectivity index (χ3v) is 3.94. The summed E-state index contributed by atoms with van der Waals surface area (Å²) in [4.78, 5) is 11.7. The number of ether oxygens (including phenoxy) is 1. The fourth-order valence-corrected chi connectivity index (χ4v) is 2.56. The summed E-state index contributed by atoms with van der Waals surface area (Å²) >= 11 is 3.39.